The maximum absolute atomic E-state index is 13.5. The molecule has 0 bridgehead atoms. The smallest absolute Gasteiger partial charge is 0.338 e. The quantitative estimate of drug-likeness (QED) is 0.263. The highest BCUT2D eigenvalue weighted by molar-refractivity contribution is 5.91. The van der Waals surface area contributed by atoms with Crippen molar-refractivity contribution in [3.8, 4) is 0 Å². The van der Waals surface area contributed by atoms with Crippen molar-refractivity contribution >= 4 is 11.8 Å². The molecular weight excluding hydrogens is 512 g/mol. The van der Waals surface area contributed by atoms with Crippen molar-refractivity contribution < 1.29 is 23.8 Å². The number of ether oxygens (including phenoxy) is 3. The first-order valence-corrected chi connectivity index (χ1v) is 16.3. The van der Waals surface area contributed by atoms with E-state index in [0.29, 0.717) is 54.3 Å². The van der Waals surface area contributed by atoms with Crippen LogP contribution in [-0.2, 0) is 19.0 Å². The predicted octanol–water partition coefficient (Wildman–Crippen LogP) is 7.64. The van der Waals surface area contributed by atoms with Crippen LogP contribution in [0.15, 0.2) is 42.5 Å². The van der Waals surface area contributed by atoms with Gasteiger partial charge < -0.3 is 14.2 Å². The second kappa shape index (κ2) is 10.9. The first-order chi connectivity index (χ1) is 19.6. The third-order valence-corrected chi connectivity index (χ3v) is 12.6. The minimum absolute atomic E-state index is 0.0338. The lowest BCUT2D eigenvalue weighted by Gasteiger charge is -2.63. The first-order valence-electron chi connectivity index (χ1n) is 16.3. The molecule has 1 saturated heterocycles. The van der Waals surface area contributed by atoms with Gasteiger partial charge in [0.2, 0.25) is 0 Å². The Labute approximate surface area is 246 Å². The van der Waals surface area contributed by atoms with E-state index >= 15 is 0 Å². The molecule has 1 aliphatic heterocycles. The van der Waals surface area contributed by atoms with E-state index in [-0.39, 0.29) is 34.6 Å². The Balaban J connectivity index is 1.30. The van der Waals surface area contributed by atoms with E-state index in [0.717, 1.165) is 25.7 Å². The lowest BCUT2D eigenvalue weighted by Crippen LogP contribution is -2.60. The maximum atomic E-state index is 13.5. The Morgan fingerprint density at radius 1 is 0.927 bits per heavy atom. The zero-order valence-electron chi connectivity index (χ0n) is 25.8. The molecule has 224 valence electrons. The summed E-state index contributed by atoms with van der Waals surface area (Å²) in [6, 6.07) is 9.50. The molecule has 4 aliphatic carbocycles. The van der Waals surface area contributed by atoms with E-state index < -0.39 is 5.79 Å². The van der Waals surface area contributed by atoms with Crippen LogP contribution in [-0.4, -0.2) is 36.9 Å². The van der Waals surface area contributed by atoms with Crippen molar-refractivity contribution in [3.63, 3.8) is 0 Å². The van der Waals surface area contributed by atoms with Crippen molar-refractivity contribution in [2.75, 3.05) is 13.2 Å². The summed E-state index contributed by atoms with van der Waals surface area (Å²) in [4.78, 5) is 25.9. The fourth-order valence-corrected chi connectivity index (χ4v) is 10.3. The molecule has 4 saturated carbocycles. The fourth-order valence-electron chi connectivity index (χ4n) is 10.3. The van der Waals surface area contributed by atoms with Crippen molar-refractivity contribution in [2.24, 2.45) is 52.3 Å². The number of carbonyl (C=O) groups is 2. The molecule has 9 atom stereocenters. The van der Waals surface area contributed by atoms with Crippen molar-refractivity contribution in [1.29, 1.82) is 0 Å². The van der Waals surface area contributed by atoms with Gasteiger partial charge in [0.1, 0.15) is 6.10 Å². The van der Waals surface area contributed by atoms with Gasteiger partial charge in [0.25, 0.3) is 0 Å². The number of ketones is 1. The van der Waals surface area contributed by atoms with E-state index in [1.807, 2.05) is 50.3 Å². The van der Waals surface area contributed by atoms with Gasteiger partial charge >= 0.3 is 5.97 Å². The molecule has 6 rings (SSSR count). The summed E-state index contributed by atoms with van der Waals surface area (Å²) in [5.74, 6) is 2.32. The summed E-state index contributed by atoms with van der Waals surface area (Å²) in [6.45, 7) is 12.7. The fraction of sp³-hybridized carbons (Fsp3) is 0.722. The Morgan fingerprint density at radius 2 is 1.63 bits per heavy atom. The number of hydrogen-bond donors (Lipinski definition) is 0. The highest BCUT2D eigenvalue weighted by atomic mass is 16.7. The monoisotopic (exact) mass is 562 g/mol. The van der Waals surface area contributed by atoms with Gasteiger partial charge in [-0.2, -0.15) is 0 Å². The number of allylic oxidation sites excluding steroid dienone is 2. The first kappa shape index (κ1) is 29.1. The summed E-state index contributed by atoms with van der Waals surface area (Å²) in [5.41, 5.74) is 1.02. The molecule has 1 aromatic rings. The van der Waals surface area contributed by atoms with Gasteiger partial charge in [0.15, 0.2) is 11.6 Å². The molecule has 0 amide bonds. The molecule has 0 N–H and O–H groups in total. The number of fused-ring (bicyclic) bond motifs is 5. The van der Waals surface area contributed by atoms with Crippen molar-refractivity contribution in [2.45, 2.75) is 97.9 Å². The molecule has 0 aromatic heterocycles. The van der Waals surface area contributed by atoms with Crippen molar-refractivity contribution in [1.82, 2.24) is 0 Å². The minimum Gasteiger partial charge on any atom is -0.458 e. The summed E-state index contributed by atoms with van der Waals surface area (Å²) in [6.07, 6.45) is 12.5. The van der Waals surface area contributed by atoms with Crippen LogP contribution in [0, 0.1) is 52.3 Å². The standard InChI is InChI=1S/C36H50O5/c1-23(2)30(37)14-11-24(3)27-12-13-28-32-29(15-16-35(27,28)5)34(4)17-18-36(39-19-20-40-36)22-26(34)21-31(32)41-33(38)25-9-7-6-8-10-25/h6-11,14,23-24,26-29,31-32H,12-13,15-22H2,1-5H3/b14-11+/t24?,26-,27+,28?,29?,31?,32?,34-,35+/m0/s1. The van der Waals surface area contributed by atoms with E-state index in [1.54, 1.807) is 0 Å². The molecule has 5 fully saturated rings. The molecule has 5 unspecified atom stereocenters. The molecule has 5 aliphatic rings. The van der Waals surface area contributed by atoms with Gasteiger partial charge in [-0.1, -0.05) is 58.9 Å². The highest BCUT2D eigenvalue weighted by Crippen LogP contribution is 2.69. The van der Waals surface area contributed by atoms with E-state index in [2.05, 4.69) is 26.8 Å². The second-order valence-electron chi connectivity index (χ2n) is 14.9. The zero-order valence-corrected chi connectivity index (χ0v) is 25.8. The topological polar surface area (TPSA) is 61.8 Å². The average Bonchev–Trinajstić information content (AvgIpc) is 3.56. The lowest BCUT2D eigenvalue weighted by molar-refractivity contribution is -0.242. The van der Waals surface area contributed by atoms with Crippen LogP contribution in [0.3, 0.4) is 0 Å². The van der Waals surface area contributed by atoms with Crippen LogP contribution in [0.25, 0.3) is 0 Å². The summed E-state index contributed by atoms with van der Waals surface area (Å²) < 4.78 is 19.0. The normalized spacial score (nSPS) is 40.2. The summed E-state index contributed by atoms with van der Waals surface area (Å²) in [5, 5.41) is 0. The summed E-state index contributed by atoms with van der Waals surface area (Å²) in [7, 11) is 0. The number of carbonyl (C=O) groups excluding carboxylic acids is 2. The zero-order chi connectivity index (χ0) is 29.0. The maximum Gasteiger partial charge on any atom is 0.338 e. The van der Waals surface area contributed by atoms with Crippen LogP contribution in [0.2, 0.25) is 0 Å². The van der Waals surface area contributed by atoms with Gasteiger partial charge in [0.05, 0.1) is 18.8 Å². The minimum atomic E-state index is -0.443. The molecule has 1 spiro atoms. The highest BCUT2D eigenvalue weighted by Gasteiger charge is 2.65. The van der Waals surface area contributed by atoms with Gasteiger partial charge in [0, 0.05) is 24.7 Å². The van der Waals surface area contributed by atoms with Gasteiger partial charge in [-0.25, -0.2) is 4.79 Å². The third kappa shape index (κ3) is 5.03. The molecular formula is C36H50O5. The van der Waals surface area contributed by atoms with E-state index in [9.17, 15) is 9.59 Å². The van der Waals surface area contributed by atoms with Gasteiger partial charge in [-0.15, -0.1) is 0 Å². The number of rotatable bonds is 6. The second-order valence-corrected chi connectivity index (χ2v) is 14.9. The predicted molar refractivity (Wildman–Crippen MR) is 159 cm³/mol. The molecule has 5 heteroatoms. The Hall–Kier alpha value is -1.98. The van der Waals surface area contributed by atoms with Crippen LogP contribution < -0.4 is 0 Å². The van der Waals surface area contributed by atoms with E-state index in [1.165, 1.54) is 25.7 Å². The summed E-state index contributed by atoms with van der Waals surface area (Å²) >= 11 is 0. The third-order valence-electron chi connectivity index (χ3n) is 12.6. The van der Waals surface area contributed by atoms with Gasteiger partial charge in [-0.3, -0.25) is 4.79 Å². The number of hydrogen-bond acceptors (Lipinski definition) is 5. The van der Waals surface area contributed by atoms with Crippen LogP contribution in [0.4, 0.5) is 0 Å². The lowest BCUT2D eigenvalue weighted by atomic mass is 9.43. The van der Waals surface area contributed by atoms with Crippen LogP contribution in [0.1, 0.15) is 96.3 Å². The molecule has 1 heterocycles. The Morgan fingerprint density at radius 3 is 2.34 bits per heavy atom. The molecule has 5 nitrogen and oxygen atoms in total. The average molecular weight is 563 g/mol. The number of benzene rings is 1. The Bertz CT molecular complexity index is 1150. The molecule has 1 aromatic carbocycles. The number of esters is 1. The Kier molecular flexibility index (Phi) is 7.77. The molecule has 41 heavy (non-hydrogen) atoms. The van der Waals surface area contributed by atoms with E-state index in [4.69, 9.17) is 14.2 Å². The largest absolute Gasteiger partial charge is 0.458 e. The molecule has 0 radical (unpaired) electrons. The van der Waals surface area contributed by atoms with Crippen LogP contribution >= 0.6 is 0 Å². The SMILES string of the molecule is CC(C)C(=O)/C=C/C(C)[C@H]1CCC2C3C(OC(=O)c4ccccc4)C[C@H]4CC5(CC[C@]4(C)C3CC[C@@]21C)OCCO5. The van der Waals surface area contributed by atoms with Crippen molar-refractivity contribution in [3.05, 3.63) is 48.0 Å². The van der Waals surface area contributed by atoms with Gasteiger partial charge in [-0.05, 0) is 97.2 Å². The van der Waals surface area contributed by atoms with Crippen LogP contribution in [0.5, 0.6) is 0 Å².